The third-order valence-corrected chi connectivity index (χ3v) is 9.37. The lowest BCUT2D eigenvalue weighted by Gasteiger charge is -2.36. The second-order valence-corrected chi connectivity index (χ2v) is 12.4. The number of rotatable bonds is 8. The summed E-state index contributed by atoms with van der Waals surface area (Å²) in [6.45, 7) is 0. The van der Waals surface area contributed by atoms with Crippen molar-refractivity contribution in [2.75, 3.05) is 5.32 Å². The van der Waals surface area contributed by atoms with Gasteiger partial charge in [0.1, 0.15) is 22.8 Å². The number of aromatic nitrogens is 4. The number of hydrogen-bond acceptors (Lipinski definition) is 3. The van der Waals surface area contributed by atoms with Gasteiger partial charge in [-0.05, 0) is 53.1 Å². The molecule has 0 fully saturated rings. The molecule has 3 aromatic heterocycles. The fraction of sp³-hybridized carbons (Fsp3) is 0.0238. The Bertz CT molecular complexity index is 2400. The molecule has 8 rings (SSSR count). The molecule has 0 aliphatic rings. The molecule has 1 amide bonds. The second kappa shape index (κ2) is 13.2. The van der Waals surface area contributed by atoms with E-state index in [1.807, 2.05) is 94.4 Å². The smallest absolute Gasteiger partial charge is 0.258 e. The molecular formula is C42H28ClF2N5O. The number of para-hydroxylation sites is 1. The zero-order valence-electron chi connectivity index (χ0n) is 26.9. The molecule has 51 heavy (non-hydrogen) atoms. The lowest BCUT2D eigenvalue weighted by molar-refractivity contribution is 0.102. The Balaban J connectivity index is 1.18. The summed E-state index contributed by atoms with van der Waals surface area (Å²) in [6.07, 6.45) is 7.48. The Labute approximate surface area is 297 Å². The number of anilines is 1. The van der Waals surface area contributed by atoms with E-state index in [1.54, 1.807) is 12.3 Å². The third-order valence-electron chi connectivity index (χ3n) is 9.05. The molecule has 0 radical (unpaired) electrons. The normalized spacial score (nSPS) is 11.5. The number of carbonyl (C=O) groups excluding carboxylic acids is 1. The number of benzene rings is 5. The van der Waals surface area contributed by atoms with Gasteiger partial charge in [0.2, 0.25) is 0 Å². The maximum absolute atomic E-state index is 15.4. The quantitative estimate of drug-likeness (QED) is 0.161. The van der Waals surface area contributed by atoms with Crippen LogP contribution in [0.4, 0.5) is 14.5 Å². The van der Waals surface area contributed by atoms with E-state index in [1.165, 1.54) is 24.3 Å². The summed E-state index contributed by atoms with van der Waals surface area (Å²) in [7, 11) is 0. The molecule has 0 aliphatic heterocycles. The van der Waals surface area contributed by atoms with Gasteiger partial charge >= 0.3 is 0 Å². The standard InChI is InChI=1S/C42H28ClF2N5O/c43-35-17-10-18-36(44)40(35)48-41(51)34-21-19-28(23-37(34)45)38-25-46-39-22-20-29(26-49(38)39)30-24-47-50(27-30)42(31-11-4-1-5-12-31,32-13-6-2-7-14-32)33-15-8-3-9-16-33/h1-27H,(H,48,51). The molecule has 248 valence electrons. The molecule has 9 heteroatoms. The molecule has 0 spiro atoms. The number of hydrogen-bond donors (Lipinski definition) is 1. The van der Waals surface area contributed by atoms with Gasteiger partial charge in [-0.15, -0.1) is 0 Å². The summed E-state index contributed by atoms with van der Waals surface area (Å²) < 4.78 is 33.6. The summed E-state index contributed by atoms with van der Waals surface area (Å²) in [5.41, 5.74) is 5.46. The highest BCUT2D eigenvalue weighted by Crippen LogP contribution is 2.41. The van der Waals surface area contributed by atoms with E-state index in [0.29, 0.717) is 16.9 Å². The van der Waals surface area contributed by atoms with Gasteiger partial charge in [0.15, 0.2) is 0 Å². The average Bonchev–Trinajstić information content (AvgIpc) is 3.83. The van der Waals surface area contributed by atoms with Crippen LogP contribution in [0, 0.1) is 11.6 Å². The van der Waals surface area contributed by atoms with Crippen LogP contribution >= 0.6 is 11.6 Å². The highest BCUT2D eigenvalue weighted by molar-refractivity contribution is 6.34. The zero-order valence-corrected chi connectivity index (χ0v) is 27.7. The number of nitrogens with one attached hydrogen (secondary N) is 1. The van der Waals surface area contributed by atoms with Crippen LogP contribution in [-0.2, 0) is 5.54 Å². The summed E-state index contributed by atoms with van der Waals surface area (Å²) in [5.74, 6) is -2.31. The van der Waals surface area contributed by atoms with Gasteiger partial charge in [0, 0.05) is 29.1 Å². The van der Waals surface area contributed by atoms with Gasteiger partial charge in [-0.3, -0.25) is 13.9 Å². The van der Waals surface area contributed by atoms with Gasteiger partial charge in [0.05, 0.1) is 34.4 Å². The highest BCUT2D eigenvalue weighted by Gasteiger charge is 2.39. The number of carbonyl (C=O) groups is 1. The van der Waals surface area contributed by atoms with E-state index in [9.17, 15) is 9.18 Å². The van der Waals surface area contributed by atoms with E-state index in [4.69, 9.17) is 16.7 Å². The van der Waals surface area contributed by atoms with Gasteiger partial charge in [-0.1, -0.05) is 115 Å². The predicted molar refractivity (Wildman–Crippen MR) is 196 cm³/mol. The number of imidazole rings is 1. The van der Waals surface area contributed by atoms with Crippen LogP contribution in [0.1, 0.15) is 27.0 Å². The monoisotopic (exact) mass is 691 g/mol. The first-order valence-electron chi connectivity index (χ1n) is 16.2. The van der Waals surface area contributed by atoms with Crippen molar-refractivity contribution in [1.82, 2.24) is 19.2 Å². The van der Waals surface area contributed by atoms with Crippen LogP contribution in [0.3, 0.4) is 0 Å². The summed E-state index contributed by atoms with van der Waals surface area (Å²) >= 11 is 6.05. The SMILES string of the molecule is O=C(Nc1c(F)cccc1Cl)c1ccc(-c2cnc3ccc(-c4cnn(C(c5ccccc5)(c5ccccc5)c5ccccc5)c4)cn23)cc1F. The lowest BCUT2D eigenvalue weighted by Crippen LogP contribution is -2.38. The maximum Gasteiger partial charge on any atom is 0.258 e. The Morgan fingerprint density at radius 1 is 0.647 bits per heavy atom. The van der Waals surface area contributed by atoms with E-state index in [0.717, 1.165) is 33.9 Å². The third kappa shape index (κ3) is 5.65. The number of halogens is 3. The van der Waals surface area contributed by atoms with Crippen molar-refractivity contribution in [3.05, 3.63) is 203 Å². The number of nitrogens with zero attached hydrogens (tertiary/aromatic N) is 4. The lowest BCUT2D eigenvalue weighted by atomic mass is 9.77. The predicted octanol–water partition coefficient (Wildman–Crippen LogP) is 9.89. The van der Waals surface area contributed by atoms with Crippen LogP contribution in [0.15, 0.2) is 164 Å². The van der Waals surface area contributed by atoms with Crippen LogP contribution in [0.2, 0.25) is 5.02 Å². The number of amides is 1. The van der Waals surface area contributed by atoms with E-state index in [-0.39, 0.29) is 16.3 Å². The van der Waals surface area contributed by atoms with Crippen LogP contribution in [0.25, 0.3) is 28.0 Å². The van der Waals surface area contributed by atoms with Crippen molar-refractivity contribution in [2.24, 2.45) is 0 Å². The maximum atomic E-state index is 15.4. The fourth-order valence-corrected chi connectivity index (χ4v) is 6.82. The van der Waals surface area contributed by atoms with Crippen molar-refractivity contribution in [1.29, 1.82) is 0 Å². The molecular weight excluding hydrogens is 664 g/mol. The van der Waals surface area contributed by atoms with E-state index >= 15 is 4.39 Å². The van der Waals surface area contributed by atoms with Crippen molar-refractivity contribution in [3.8, 4) is 22.4 Å². The second-order valence-electron chi connectivity index (χ2n) is 12.0. The molecule has 5 aromatic carbocycles. The summed E-state index contributed by atoms with van der Waals surface area (Å²) in [6, 6.07) is 43.1. The Morgan fingerprint density at radius 3 is 1.88 bits per heavy atom. The molecule has 0 atom stereocenters. The highest BCUT2D eigenvalue weighted by atomic mass is 35.5. The molecule has 0 bridgehead atoms. The largest absolute Gasteiger partial charge is 0.318 e. The van der Waals surface area contributed by atoms with Crippen molar-refractivity contribution < 1.29 is 13.6 Å². The summed E-state index contributed by atoms with van der Waals surface area (Å²) in [5, 5.41) is 7.38. The Morgan fingerprint density at radius 2 is 1.27 bits per heavy atom. The molecule has 1 N–H and O–H groups in total. The molecule has 0 saturated carbocycles. The minimum atomic E-state index is -0.818. The van der Waals surface area contributed by atoms with Crippen molar-refractivity contribution in [2.45, 2.75) is 5.54 Å². The van der Waals surface area contributed by atoms with Crippen LogP contribution in [0.5, 0.6) is 0 Å². The van der Waals surface area contributed by atoms with Gasteiger partial charge in [0.25, 0.3) is 5.91 Å². The Hall–Kier alpha value is -6.38. The fourth-order valence-electron chi connectivity index (χ4n) is 6.61. The minimum Gasteiger partial charge on any atom is -0.318 e. The first-order valence-corrected chi connectivity index (χ1v) is 16.6. The number of pyridine rings is 1. The average molecular weight is 692 g/mol. The minimum absolute atomic E-state index is 0.0124. The van der Waals surface area contributed by atoms with Gasteiger partial charge in [-0.2, -0.15) is 5.10 Å². The molecule has 6 nitrogen and oxygen atoms in total. The van der Waals surface area contributed by atoms with Crippen molar-refractivity contribution in [3.63, 3.8) is 0 Å². The number of fused-ring (bicyclic) bond motifs is 1. The van der Waals surface area contributed by atoms with E-state index < -0.39 is 23.1 Å². The molecule has 0 aliphatic carbocycles. The van der Waals surface area contributed by atoms with Crippen molar-refractivity contribution >= 4 is 28.8 Å². The topological polar surface area (TPSA) is 64.2 Å². The van der Waals surface area contributed by atoms with Gasteiger partial charge in [-0.25, -0.2) is 13.8 Å². The zero-order chi connectivity index (χ0) is 35.0. The molecule has 8 aromatic rings. The van der Waals surface area contributed by atoms with E-state index in [2.05, 4.69) is 46.7 Å². The summed E-state index contributed by atoms with van der Waals surface area (Å²) in [4.78, 5) is 17.4. The molecule has 0 saturated heterocycles. The van der Waals surface area contributed by atoms with Crippen LogP contribution < -0.4 is 5.32 Å². The molecule has 3 heterocycles. The first kappa shape index (κ1) is 31.9. The first-order chi connectivity index (χ1) is 24.9. The van der Waals surface area contributed by atoms with Crippen LogP contribution in [-0.4, -0.2) is 25.1 Å². The Kier molecular flexibility index (Phi) is 8.22. The van der Waals surface area contributed by atoms with Gasteiger partial charge < -0.3 is 5.32 Å². The molecule has 0 unspecified atom stereocenters.